The lowest BCUT2D eigenvalue weighted by Gasteiger charge is -2.34. The number of nitrogens with zero attached hydrogens (tertiary/aromatic N) is 1. The standard InChI is InChI=1S/C34H45NOS/c1-4-5-9-33(35-16-14-31(36)15-17-35)29-12-13-32(25(3)20-29)34-22-30(23-37-34)28-11-10-27(21-28)19-24(2)18-26-7-6-8-26/h9,11-13,20-24,26,31,36H,4-8,10,14-19H2,1-3H3. The largest absolute Gasteiger partial charge is 0.393 e. The van der Waals surface area contributed by atoms with Gasteiger partial charge in [-0.25, -0.2) is 0 Å². The predicted molar refractivity (Wildman–Crippen MR) is 161 cm³/mol. The zero-order valence-corrected chi connectivity index (χ0v) is 24.0. The lowest BCUT2D eigenvalue weighted by Crippen LogP contribution is -2.34. The highest BCUT2D eigenvalue weighted by molar-refractivity contribution is 7.13. The van der Waals surface area contributed by atoms with E-state index < -0.39 is 0 Å². The number of likely N-dealkylation sites (tertiary alicyclic amines) is 1. The molecular formula is C34H45NOS. The van der Waals surface area contributed by atoms with Crippen molar-refractivity contribution in [3.05, 3.63) is 70.1 Å². The summed E-state index contributed by atoms with van der Waals surface area (Å²) in [5, 5.41) is 12.3. The molecule has 37 heavy (non-hydrogen) atoms. The maximum absolute atomic E-state index is 9.99. The average Bonchev–Trinajstić information content (AvgIpc) is 3.53. The van der Waals surface area contributed by atoms with Crippen LogP contribution in [0.3, 0.4) is 0 Å². The molecule has 3 aliphatic rings. The van der Waals surface area contributed by atoms with Crippen molar-refractivity contribution in [2.75, 3.05) is 13.1 Å². The van der Waals surface area contributed by atoms with Crippen molar-refractivity contribution in [1.82, 2.24) is 4.90 Å². The number of hydrogen-bond acceptors (Lipinski definition) is 3. The van der Waals surface area contributed by atoms with E-state index >= 15 is 0 Å². The summed E-state index contributed by atoms with van der Waals surface area (Å²) in [6.45, 7) is 8.83. The predicted octanol–water partition coefficient (Wildman–Crippen LogP) is 9.25. The maximum Gasteiger partial charge on any atom is 0.0574 e. The smallest absolute Gasteiger partial charge is 0.0574 e. The van der Waals surface area contributed by atoms with Gasteiger partial charge in [-0.15, -0.1) is 11.3 Å². The van der Waals surface area contributed by atoms with Crippen LogP contribution in [0.5, 0.6) is 0 Å². The summed E-state index contributed by atoms with van der Waals surface area (Å²) < 4.78 is 0. The van der Waals surface area contributed by atoms with Crippen molar-refractivity contribution in [3.8, 4) is 10.4 Å². The number of allylic oxidation sites excluding steroid dienone is 5. The number of benzene rings is 1. The Bertz CT molecular complexity index is 1160. The van der Waals surface area contributed by atoms with E-state index in [4.69, 9.17) is 0 Å². The third kappa shape index (κ3) is 6.49. The van der Waals surface area contributed by atoms with Gasteiger partial charge < -0.3 is 10.0 Å². The molecule has 198 valence electrons. The molecule has 3 heteroatoms. The molecule has 1 atom stereocenters. The minimum absolute atomic E-state index is 0.141. The van der Waals surface area contributed by atoms with Crippen LogP contribution in [-0.4, -0.2) is 29.2 Å². The van der Waals surface area contributed by atoms with E-state index in [1.54, 1.807) is 5.57 Å². The summed E-state index contributed by atoms with van der Waals surface area (Å²) in [5.41, 5.74) is 9.75. The molecule has 5 rings (SSSR count). The molecular weight excluding hydrogens is 470 g/mol. The first kappa shape index (κ1) is 26.5. The normalized spacial score (nSPS) is 20.1. The Morgan fingerprint density at radius 2 is 1.97 bits per heavy atom. The Labute approximate surface area is 228 Å². The Morgan fingerprint density at radius 3 is 2.68 bits per heavy atom. The van der Waals surface area contributed by atoms with Crippen LogP contribution in [0.2, 0.25) is 0 Å². The summed E-state index contributed by atoms with van der Waals surface area (Å²) in [5.74, 6) is 1.82. The maximum atomic E-state index is 9.99. The van der Waals surface area contributed by atoms with Gasteiger partial charge in [-0.2, -0.15) is 0 Å². The molecule has 1 aromatic carbocycles. The molecule has 1 aromatic heterocycles. The second-order valence-corrected chi connectivity index (χ2v) is 12.7. The van der Waals surface area contributed by atoms with Gasteiger partial charge in [0.1, 0.15) is 0 Å². The van der Waals surface area contributed by atoms with E-state index in [2.05, 4.69) is 73.5 Å². The summed E-state index contributed by atoms with van der Waals surface area (Å²) >= 11 is 1.87. The van der Waals surface area contributed by atoms with Crippen LogP contribution in [-0.2, 0) is 0 Å². The first-order valence-corrected chi connectivity index (χ1v) is 15.6. The van der Waals surface area contributed by atoms with Gasteiger partial charge >= 0.3 is 0 Å². The van der Waals surface area contributed by atoms with Crippen molar-refractivity contribution < 1.29 is 5.11 Å². The molecule has 1 saturated carbocycles. The molecule has 0 amide bonds. The number of hydrogen-bond donors (Lipinski definition) is 1. The van der Waals surface area contributed by atoms with E-state index in [9.17, 15) is 5.11 Å². The molecule has 2 heterocycles. The van der Waals surface area contributed by atoms with Gasteiger partial charge in [0.25, 0.3) is 0 Å². The molecule has 2 aliphatic carbocycles. The lowest BCUT2D eigenvalue weighted by atomic mass is 9.78. The van der Waals surface area contributed by atoms with E-state index in [-0.39, 0.29) is 6.10 Å². The zero-order valence-electron chi connectivity index (χ0n) is 23.1. The molecule has 1 N–H and O–H groups in total. The zero-order chi connectivity index (χ0) is 25.8. The van der Waals surface area contributed by atoms with E-state index in [0.717, 1.165) is 57.0 Å². The highest BCUT2D eigenvalue weighted by Gasteiger charge is 2.22. The van der Waals surface area contributed by atoms with Crippen LogP contribution in [0.1, 0.15) is 94.7 Å². The van der Waals surface area contributed by atoms with Crippen molar-refractivity contribution in [2.45, 2.75) is 91.1 Å². The molecule has 1 saturated heterocycles. The first-order valence-electron chi connectivity index (χ1n) is 14.7. The average molecular weight is 516 g/mol. The van der Waals surface area contributed by atoms with Crippen LogP contribution in [0.25, 0.3) is 21.7 Å². The van der Waals surface area contributed by atoms with Crippen molar-refractivity contribution in [1.29, 1.82) is 0 Å². The lowest BCUT2D eigenvalue weighted by molar-refractivity contribution is 0.106. The number of aliphatic hydroxyl groups is 1. The third-order valence-electron chi connectivity index (χ3n) is 8.67. The van der Waals surface area contributed by atoms with Crippen molar-refractivity contribution >= 4 is 22.6 Å². The Morgan fingerprint density at radius 1 is 1.16 bits per heavy atom. The monoisotopic (exact) mass is 515 g/mol. The topological polar surface area (TPSA) is 23.5 Å². The molecule has 0 spiro atoms. The van der Waals surface area contributed by atoms with E-state index in [1.165, 1.54) is 70.5 Å². The minimum Gasteiger partial charge on any atom is -0.393 e. The van der Waals surface area contributed by atoms with Gasteiger partial charge in [-0.1, -0.05) is 75.5 Å². The van der Waals surface area contributed by atoms with Crippen LogP contribution >= 0.6 is 11.3 Å². The number of unbranched alkanes of at least 4 members (excludes halogenated alkanes) is 1. The van der Waals surface area contributed by atoms with Gasteiger partial charge in [0, 0.05) is 23.7 Å². The quantitative estimate of drug-likeness (QED) is 0.341. The summed E-state index contributed by atoms with van der Waals surface area (Å²) in [6.07, 6.45) is 19.3. The van der Waals surface area contributed by atoms with Gasteiger partial charge in [-0.3, -0.25) is 0 Å². The molecule has 1 aliphatic heterocycles. The fourth-order valence-corrected chi connectivity index (χ4v) is 7.31. The number of aryl methyl sites for hydroxylation is 1. The molecule has 2 fully saturated rings. The number of thiophene rings is 1. The first-order chi connectivity index (χ1) is 18.0. The summed E-state index contributed by atoms with van der Waals surface area (Å²) in [6, 6.07) is 9.41. The van der Waals surface area contributed by atoms with Crippen LogP contribution in [0, 0.1) is 18.8 Å². The van der Waals surface area contributed by atoms with Crippen molar-refractivity contribution in [2.24, 2.45) is 11.8 Å². The van der Waals surface area contributed by atoms with E-state index in [0.29, 0.717) is 0 Å². The number of aliphatic hydroxyl groups excluding tert-OH is 1. The third-order valence-corrected chi connectivity index (χ3v) is 9.63. The fraction of sp³-hybridized carbons (Fsp3) is 0.529. The van der Waals surface area contributed by atoms with Crippen molar-refractivity contribution in [3.63, 3.8) is 0 Å². The summed E-state index contributed by atoms with van der Waals surface area (Å²) in [4.78, 5) is 3.84. The van der Waals surface area contributed by atoms with Gasteiger partial charge in [0.15, 0.2) is 0 Å². The van der Waals surface area contributed by atoms with Gasteiger partial charge in [-0.05, 0) is 103 Å². The fourth-order valence-electron chi connectivity index (χ4n) is 6.30. The molecule has 0 radical (unpaired) electrons. The minimum atomic E-state index is -0.141. The van der Waals surface area contributed by atoms with Crippen LogP contribution in [0.4, 0.5) is 0 Å². The van der Waals surface area contributed by atoms with Gasteiger partial charge in [0.2, 0.25) is 0 Å². The SMILES string of the molecule is CCCC=C(c1ccc(-c2cc(C3=CCC(CC(C)CC4CCC4)=C3)cs2)c(C)c1)N1CCC(O)CC1. The highest BCUT2D eigenvalue weighted by atomic mass is 32.1. The van der Waals surface area contributed by atoms with Gasteiger partial charge in [0.05, 0.1) is 6.10 Å². The molecule has 2 aromatic rings. The van der Waals surface area contributed by atoms with E-state index in [1.807, 2.05) is 11.3 Å². The highest BCUT2D eigenvalue weighted by Crippen LogP contribution is 2.39. The molecule has 0 bridgehead atoms. The van der Waals surface area contributed by atoms with Crippen LogP contribution in [0.15, 0.2) is 53.4 Å². The number of rotatable bonds is 10. The number of piperidine rings is 1. The Hall–Kier alpha value is -2.10. The Balaban J connectivity index is 1.28. The molecule has 2 nitrogen and oxygen atoms in total. The second-order valence-electron chi connectivity index (χ2n) is 11.8. The Kier molecular flexibility index (Phi) is 8.72. The summed E-state index contributed by atoms with van der Waals surface area (Å²) in [7, 11) is 0. The second kappa shape index (κ2) is 12.2. The van der Waals surface area contributed by atoms with Crippen LogP contribution < -0.4 is 0 Å². The molecule has 1 unspecified atom stereocenters.